The summed E-state index contributed by atoms with van der Waals surface area (Å²) in [5.41, 5.74) is 1.05. The molecule has 0 heterocycles. The van der Waals surface area contributed by atoms with E-state index in [1.165, 1.54) is 18.2 Å². The number of hydrogen-bond donors (Lipinski definition) is 1. The topological polar surface area (TPSA) is 20.2 Å². The highest BCUT2D eigenvalue weighted by molar-refractivity contribution is 6.30. The highest BCUT2D eigenvalue weighted by atomic mass is 35.5. The fourth-order valence-electron chi connectivity index (χ4n) is 2.02. The predicted octanol–water partition coefficient (Wildman–Crippen LogP) is 3.94. The average Bonchev–Trinajstić information content (AvgIpc) is 2.40. The molecule has 0 saturated carbocycles. The van der Waals surface area contributed by atoms with E-state index in [0.29, 0.717) is 11.1 Å². The smallest absolute Gasteiger partial charge is 0.144 e. The van der Waals surface area contributed by atoms with E-state index in [1.807, 2.05) is 0 Å². The van der Waals surface area contributed by atoms with Gasteiger partial charge in [0.1, 0.15) is 11.6 Å². The molecule has 1 N–H and O–H groups in total. The molecular formula is C15H13ClF2O. The Labute approximate surface area is 115 Å². The van der Waals surface area contributed by atoms with E-state index in [-0.39, 0.29) is 29.8 Å². The van der Waals surface area contributed by atoms with Gasteiger partial charge in [-0.1, -0.05) is 35.9 Å². The van der Waals surface area contributed by atoms with Crippen molar-refractivity contribution in [2.24, 2.45) is 0 Å². The molecule has 2 aromatic rings. The molecule has 1 atom stereocenters. The first kappa shape index (κ1) is 14.0. The molecule has 0 aliphatic carbocycles. The minimum atomic E-state index is -0.487. The maximum atomic E-state index is 13.8. The third-order valence-electron chi connectivity index (χ3n) is 3.04. The summed E-state index contributed by atoms with van der Waals surface area (Å²) in [6, 6.07) is 10.7. The second-order valence-corrected chi connectivity index (χ2v) is 4.76. The first-order valence-electron chi connectivity index (χ1n) is 5.91. The Morgan fingerprint density at radius 3 is 2.53 bits per heavy atom. The quantitative estimate of drug-likeness (QED) is 0.901. The van der Waals surface area contributed by atoms with Crippen molar-refractivity contribution in [2.45, 2.75) is 12.3 Å². The first-order chi connectivity index (χ1) is 9.11. The Hall–Kier alpha value is -1.45. The zero-order valence-corrected chi connectivity index (χ0v) is 10.9. The van der Waals surface area contributed by atoms with Crippen LogP contribution in [0.2, 0.25) is 5.02 Å². The summed E-state index contributed by atoms with van der Waals surface area (Å²) in [5.74, 6) is -1.22. The average molecular weight is 283 g/mol. The normalized spacial score (nSPS) is 12.4. The second kappa shape index (κ2) is 6.13. The summed E-state index contributed by atoms with van der Waals surface area (Å²) in [5, 5.41) is 9.46. The van der Waals surface area contributed by atoms with Crippen LogP contribution < -0.4 is 0 Å². The molecular weight excluding hydrogens is 270 g/mol. The van der Waals surface area contributed by atoms with Gasteiger partial charge in [0.25, 0.3) is 0 Å². The molecule has 0 aliphatic rings. The third-order valence-corrected chi connectivity index (χ3v) is 3.33. The van der Waals surface area contributed by atoms with Crippen molar-refractivity contribution in [1.82, 2.24) is 0 Å². The van der Waals surface area contributed by atoms with E-state index in [9.17, 15) is 13.9 Å². The van der Waals surface area contributed by atoms with Gasteiger partial charge in [0, 0.05) is 5.92 Å². The number of hydrogen-bond acceptors (Lipinski definition) is 1. The Kier molecular flexibility index (Phi) is 4.51. The zero-order valence-electron chi connectivity index (χ0n) is 10.1. The van der Waals surface area contributed by atoms with Crippen molar-refractivity contribution in [2.75, 3.05) is 6.61 Å². The lowest BCUT2D eigenvalue weighted by Crippen LogP contribution is -2.09. The molecule has 0 saturated heterocycles. The Balaban J connectivity index is 2.26. The lowest BCUT2D eigenvalue weighted by molar-refractivity contribution is 0.263. The van der Waals surface area contributed by atoms with Crippen molar-refractivity contribution >= 4 is 11.6 Å². The van der Waals surface area contributed by atoms with Crippen LogP contribution in [0, 0.1) is 11.6 Å². The van der Waals surface area contributed by atoms with E-state index in [4.69, 9.17) is 11.6 Å². The molecule has 0 radical (unpaired) electrons. The van der Waals surface area contributed by atoms with Gasteiger partial charge < -0.3 is 5.11 Å². The fourth-order valence-corrected chi connectivity index (χ4v) is 2.21. The molecule has 0 amide bonds. The number of benzene rings is 2. The standard InChI is InChI=1S/C15H13ClF2O/c16-14-6-2-4-11(15(14)18)7-12(9-19)10-3-1-5-13(17)8-10/h1-6,8,12,19H,7,9H2. The molecule has 100 valence electrons. The number of rotatable bonds is 4. The summed E-state index contributed by atoms with van der Waals surface area (Å²) in [4.78, 5) is 0. The van der Waals surface area contributed by atoms with Gasteiger partial charge in [0.2, 0.25) is 0 Å². The molecule has 0 aromatic heterocycles. The van der Waals surface area contributed by atoms with Gasteiger partial charge in [0.15, 0.2) is 0 Å². The van der Waals surface area contributed by atoms with Crippen molar-refractivity contribution in [3.05, 3.63) is 70.2 Å². The molecule has 0 aliphatic heterocycles. The third kappa shape index (κ3) is 3.31. The molecule has 0 fully saturated rings. The lowest BCUT2D eigenvalue weighted by Gasteiger charge is -2.15. The van der Waals surface area contributed by atoms with Crippen LogP contribution in [0.25, 0.3) is 0 Å². The fraction of sp³-hybridized carbons (Fsp3) is 0.200. The monoisotopic (exact) mass is 282 g/mol. The molecule has 0 spiro atoms. The lowest BCUT2D eigenvalue weighted by atomic mass is 9.92. The van der Waals surface area contributed by atoms with Gasteiger partial charge in [-0.15, -0.1) is 0 Å². The predicted molar refractivity (Wildman–Crippen MR) is 71.3 cm³/mol. The van der Waals surface area contributed by atoms with Gasteiger partial charge in [-0.05, 0) is 35.7 Å². The molecule has 1 nitrogen and oxygen atoms in total. The molecule has 2 aromatic carbocycles. The van der Waals surface area contributed by atoms with Crippen LogP contribution in [0.4, 0.5) is 8.78 Å². The van der Waals surface area contributed by atoms with E-state index in [2.05, 4.69) is 0 Å². The van der Waals surface area contributed by atoms with Crippen LogP contribution in [-0.4, -0.2) is 11.7 Å². The summed E-state index contributed by atoms with van der Waals surface area (Å²) in [7, 11) is 0. The maximum Gasteiger partial charge on any atom is 0.144 e. The van der Waals surface area contributed by atoms with Crippen molar-refractivity contribution in [3.8, 4) is 0 Å². The number of aliphatic hydroxyl groups excluding tert-OH is 1. The summed E-state index contributed by atoms with van der Waals surface area (Å²) in [6.07, 6.45) is 0.270. The van der Waals surface area contributed by atoms with Gasteiger partial charge >= 0.3 is 0 Å². The van der Waals surface area contributed by atoms with Gasteiger partial charge in [-0.25, -0.2) is 8.78 Å². The van der Waals surface area contributed by atoms with Crippen LogP contribution in [0.15, 0.2) is 42.5 Å². The van der Waals surface area contributed by atoms with Crippen molar-refractivity contribution in [1.29, 1.82) is 0 Å². The van der Waals surface area contributed by atoms with E-state index >= 15 is 0 Å². The second-order valence-electron chi connectivity index (χ2n) is 4.35. The largest absolute Gasteiger partial charge is 0.396 e. The number of aliphatic hydroxyl groups is 1. The SMILES string of the molecule is OCC(Cc1cccc(Cl)c1F)c1cccc(F)c1. The highest BCUT2D eigenvalue weighted by Crippen LogP contribution is 2.25. The van der Waals surface area contributed by atoms with E-state index in [0.717, 1.165) is 0 Å². The van der Waals surface area contributed by atoms with Crippen LogP contribution >= 0.6 is 11.6 Å². The molecule has 0 bridgehead atoms. The van der Waals surface area contributed by atoms with Crippen LogP contribution in [0.1, 0.15) is 17.0 Å². The first-order valence-corrected chi connectivity index (χ1v) is 6.29. The van der Waals surface area contributed by atoms with Gasteiger partial charge in [-0.2, -0.15) is 0 Å². The molecule has 1 unspecified atom stereocenters. The Morgan fingerprint density at radius 2 is 1.84 bits per heavy atom. The zero-order chi connectivity index (χ0) is 13.8. The van der Waals surface area contributed by atoms with E-state index < -0.39 is 5.82 Å². The number of halogens is 3. The minimum Gasteiger partial charge on any atom is -0.396 e. The minimum absolute atomic E-state index is 0.0495. The maximum absolute atomic E-state index is 13.8. The summed E-state index contributed by atoms with van der Waals surface area (Å²) >= 11 is 5.71. The summed E-state index contributed by atoms with van der Waals surface area (Å²) in [6.45, 7) is -0.185. The Bertz CT molecular complexity index is 572. The van der Waals surface area contributed by atoms with Crippen molar-refractivity contribution in [3.63, 3.8) is 0 Å². The molecule has 2 rings (SSSR count). The highest BCUT2D eigenvalue weighted by Gasteiger charge is 2.15. The van der Waals surface area contributed by atoms with Crippen LogP contribution in [0.5, 0.6) is 0 Å². The van der Waals surface area contributed by atoms with Crippen LogP contribution in [0.3, 0.4) is 0 Å². The summed E-state index contributed by atoms with van der Waals surface area (Å²) < 4.78 is 27.0. The van der Waals surface area contributed by atoms with Crippen LogP contribution in [-0.2, 0) is 6.42 Å². The van der Waals surface area contributed by atoms with Gasteiger partial charge in [-0.3, -0.25) is 0 Å². The molecule has 19 heavy (non-hydrogen) atoms. The van der Waals surface area contributed by atoms with Crippen molar-refractivity contribution < 1.29 is 13.9 Å². The Morgan fingerprint density at radius 1 is 1.11 bits per heavy atom. The van der Waals surface area contributed by atoms with Gasteiger partial charge in [0.05, 0.1) is 11.6 Å². The molecule has 4 heteroatoms. The van der Waals surface area contributed by atoms with E-state index in [1.54, 1.807) is 24.3 Å².